The lowest BCUT2D eigenvalue weighted by Gasteiger charge is -2.09. The molecule has 0 radical (unpaired) electrons. The van der Waals surface area contributed by atoms with Crippen molar-refractivity contribution in [2.45, 2.75) is 26.3 Å². The second kappa shape index (κ2) is 8.29. The number of rotatable bonds is 7. The van der Waals surface area contributed by atoms with Gasteiger partial charge in [0.2, 0.25) is 5.91 Å². The highest BCUT2D eigenvalue weighted by Gasteiger charge is 2.06. The summed E-state index contributed by atoms with van der Waals surface area (Å²) in [7, 11) is 0. The third-order valence-electron chi connectivity index (χ3n) is 4.15. The molecule has 0 aliphatic rings. The Morgan fingerprint density at radius 3 is 2.56 bits per heavy atom. The highest BCUT2D eigenvalue weighted by atomic mass is 16.1. The molecule has 0 aliphatic heterocycles. The van der Waals surface area contributed by atoms with E-state index in [-0.39, 0.29) is 5.91 Å². The van der Waals surface area contributed by atoms with E-state index in [2.05, 4.69) is 27.0 Å². The van der Waals surface area contributed by atoms with Gasteiger partial charge in [-0.3, -0.25) is 4.79 Å². The SMILES string of the molecule is Cc1ccc(CC(=O)NCCc2nccn2Cc2ccccc2)cc1. The summed E-state index contributed by atoms with van der Waals surface area (Å²) in [6.45, 7) is 3.44. The molecule has 0 spiro atoms. The van der Waals surface area contributed by atoms with Crippen molar-refractivity contribution in [3.05, 3.63) is 89.5 Å². The monoisotopic (exact) mass is 333 g/mol. The molecular weight excluding hydrogens is 310 g/mol. The van der Waals surface area contributed by atoms with Gasteiger partial charge in [-0.05, 0) is 18.1 Å². The minimum atomic E-state index is 0.0463. The van der Waals surface area contributed by atoms with E-state index in [1.165, 1.54) is 11.1 Å². The van der Waals surface area contributed by atoms with E-state index in [4.69, 9.17) is 0 Å². The maximum absolute atomic E-state index is 12.1. The number of nitrogens with zero attached hydrogens (tertiary/aromatic N) is 2. The Bertz CT molecular complexity index is 807. The lowest BCUT2D eigenvalue weighted by Crippen LogP contribution is -2.28. The van der Waals surface area contributed by atoms with Crippen LogP contribution in [-0.4, -0.2) is 22.0 Å². The first-order chi connectivity index (χ1) is 12.2. The van der Waals surface area contributed by atoms with E-state index in [0.717, 1.165) is 24.4 Å². The predicted octanol–water partition coefficient (Wildman–Crippen LogP) is 3.14. The van der Waals surface area contributed by atoms with Crippen LogP contribution in [0.2, 0.25) is 0 Å². The van der Waals surface area contributed by atoms with Crippen LogP contribution in [0.25, 0.3) is 0 Å². The smallest absolute Gasteiger partial charge is 0.224 e. The zero-order valence-corrected chi connectivity index (χ0v) is 14.5. The van der Waals surface area contributed by atoms with Gasteiger partial charge in [-0.25, -0.2) is 4.98 Å². The van der Waals surface area contributed by atoms with Crippen molar-refractivity contribution >= 4 is 5.91 Å². The van der Waals surface area contributed by atoms with Crippen LogP contribution >= 0.6 is 0 Å². The number of imidazole rings is 1. The van der Waals surface area contributed by atoms with Gasteiger partial charge in [0.15, 0.2) is 0 Å². The fraction of sp³-hybridized carbons (Fsp3) is 0.238. The van der Waals surface area contributed by atoms with Crippen molar-refractivity contribution in [3.8, 4) is 0 Å². The summed E-state index contributed by atoms with van der Waals surface area (Å²) in [6, 6.07) is 18.4. The van der Waals surface area contributed by atoms with Gasteiger partial charge in [-0.15, -0.1) is 0 Å². The summed E-state index contributed by atoms with van der Waals surface area (Å²) in [4.78, 5) is 16.5. The lowest BCUT2D eigenvalue weighted by molar-refractivity contribution is -0.120. The number of nitrogens with one attached hydrogen (secondary N) is 1. The van der Waals surface area contributed by atoms with Gasteiger partial charge in [0.1, 0.15) is 5.82 Å². The van der Waals surface area contributed by atoms with Crippen LogP contribution in [0, 0.1) is 6.92 Å². The quantitative estimate of drug-likeness (QED) is 0.722. The molecule has 1 amide bonds. The molecule has 4 heteroatoms. The van der Waals surface area contributed by atoms with Crippen molar-refractivity contribution in [2.75, 3.05) is 6.54 Å². The summed E-state index contributed by atoms with van der Waals surface area (Å²) in [5, 5.41) is 2.98. The Morgan fingerprint density at radius 2 is 1.80 bits per heavy atom. The van der Waals surface area contributed by atoms with Crippen molar-refractivity contribution in [3.63, 3.8) is 0 Å². The van der Waals surface area contributed by atoms with E-state index in [0.29, 0.717) is 13.0 Å². The van der Waals surface area contributed by atoms with E-state index >= 15 is 0 Å². The third kappa shape index (κ3) is 5.05. The normalized spacial score (nSPS) is 10.6. The molecule has 0 fully saturated rings. The lowest BCUT2D eigenvalue weighted by atomic mass is 10.1. The fourth-order valence-electron chi connectivity index (χ4n) is 2.76. The molecule has 128 valence electrons. The maximum atomic E-state index is 12.1. The molecule has 25 heavy (non-hydrogen) atoms. The minimum Gasteiger partial charge on any atom is -0.355 e. The highest BCUT2D eigenvalue weighted by molar-refractivity contribution is 5.78. The van der Waals surface area contributed by atoms with Crippen LogP contribution in [-0.2, 0) is 24.2 Å². The van der Waals surface area contributed by atoms with E-state index in [1.807, 2.05) is 61.8 Å². The van der Waals surface area contributed by atoms with Crippen LogP contribution in [0.3, 0.4) is 0 Å². The molecule has 4 nitrogen and oxygen atoms in total. The molecule has 3 aromatic rings. The first-order valence-electron chi connectivity index (χ1n) is 8.57. The third-order valence-corrected chi connectivity index (χ3v) is 4.15. The van der Waals surface area contributed by atoms with Crippen molar-refractivity contribution in [2.24, 2.45) is 0 Å². The number of aromatic nitrogens is 2. The second-order valence-corrected chi connectivity index (χ2v) is 6.22. The Balaban J connectivity index is 1.48. The largest absolute Gasteiger partial charge is 0.355 e. The highest BCUT2D eigenvalue weighted by Crippen LogP contribution is 2.06. The van der Waals surface area contributed by atoms with Crippen molar-refractivity contribution in [1.82, 2.24) is 14.9 Å². The fourth-order valence-corrected chi connectivity index (χ4v) is 2.76. The Kier molecular flexibility index (Phi) is 5.62. The molecular formula is C21H23N3O. The van der Waals surface area contributed by atoms with Gasteiger partial charge in [0.25, 0.3) is 0 Å². The van der Waals surface area contributed by atoms with Crippen molar-refractivity contribution < 1.29 is 4.79 Å². The number of hydrogen-bond acceptors (Lipinski definition) is 2. The standard InChI is InChI=1S/C21H23N3O/c1-17-7-9-18(10-8-17)15-21(25)23-12-11-20-22-13-14-24(20)16-19-5-3-2-4-6-19/h2-10,13-14H,11-12,15-16H2,1H3,(H,23,25). The minimum absolute atomic E-state index is 0.0463. The summed E-state index contributed by atoms with van der Waals surface area (Å²) >= 11 is 0. The molecule has 1 N–H and O–H groups in total. The van der Waals surface area contributed by atoms with Crippen LogP contribution in [0.4, 0.5) is 0 Å². The number of carbonyl (C=O) groups is 1. The number of hydrogen-bond donors (Lipinski definition) is 1. The molecule has 2 aromatic carbocycles. The van der Waals surface area contributed by atoms with E-state index < -0.39 is 0 Å². The first kappa shape index (κ1) is 17.0. The number of carbonyl (C=O) groups excluding carboxylic acids is 1. The van der Waals surface area contributed by atoms with Crippen molar-refractivity contribution in [1.29, 1.82) is 0 Å². The second-order valence-electron chi connectivity index (χ2n) is 6.22. The van der Waals surface area contributed by atoms with Crippen LogP contribution in [0.5, 0.6) is 0 Å². The van der Waals surface area contributed by atoms with E-state index in [1.54, 1.807) is 0 Å². The summed E-state index contributed by atoms with van der Waals surface area (Å²) < 4.78 is 2.13. The van der Waals surface area contributed by atoms with Gasteiger partial charge >= 0.3 is 0 Å². The molecule has 0 saturated heterocycles. The van der Waals surface area contributed by atoms with Crippen LogP contribution < -0.4 is 5.32 Å². The Morgan fingerprint density at radius 1 is 1.04 bits per heavy atom. The molecule has 1 heterocycles. The number of aryl methyl sites for hydroxylation is 1. The summed E-state index contributed by atoms with van der Waals surface area (Å²) in [5.41, 5.74) is 3.48. The average molecular weight is 333 g/mol. The summed E-state index contributed by atoms with van der Waals surface area (Å²) in [5.74, 6) is 1.03. The molecule has 0 aliphatic carbocycles. The Hall–Kier alpha value is -2.88. The maximum Gasteiger partial charge on any atom is 0.224 e. The molecule has 3 rings (SSSR count). The van der Waals surface area contributed by atoms with Gasteiger partial charge in [-0.1, -0.05) is 60.2 Å². The predicted molar refractivity (Wildman–Crippen MR) is 99.4 cm³/mol. The van der Waals surface area contributed by atoms with Gasteiger partial charge < -0.3 is 9.88 Å². The Labute approximate surface area is 148 Å². The molecule has 0 bridgehead atoms. The van der Waals surface area contributed by atoms with Gasteiger partial charge in [-0.2, -0.15) is 0 Å². The van der Waals surface area contributed by atoms with E-state index in [9.17, 15) is 4.79 Å². The van der Waals surface area contributed by atoms with Gasteiger partial charge in [0.05, 0.1) is 6.42 Å². The molecule has 0 unspecified atom stereocenters. The molecule has 0 saturated carbocycles. The average Bonchev–Trinajstić information content (AvgIpc) is 3.05. The number of benzene rings is 2. The topological polar surface area (TPSA) is 46.9 Å². The number of amides is 1. The molecule has 0 atom stereocenters. The van der Waals surface area contributed by atoms with Gasteiger partial charge in [0, 0.05) is 31.9 Å². The zero-order chi connectivity index (χ0) is 17.5. The summed E-state index contributed by atoms with van der Waals surface area (Å²) in [6.07, 6.45) is 4.93. The zero-order valence-electron chi connectivity index (χ0n) is 14.5. The first-order valence-corrected chi connectivity index (χ1v) is 8.57. The van der Waals surface area contributed by atoms with Crippen LogP contribution in [0.1, 0.15) is 22.5 Å². The van der Waals surface area contributed by atoms with Crippen LogP contribution in [0.15, 0.2) is 67.0 Å². The molecule has 1 aromatic heterocycles.